The van der Waals surface area contributed by atoms with Crippen LogP contribution >= 0.6 is 0 Å². The van der Waals surface area contributed by atoms with Crippen molar-refractivity contribution in [3.05, 3.63) is 54.2 Å². The van der Waals surface area contributed by atoms with Gasteiger partial charge in [-0.2, -0.15) is 5.10 Å². The number of hydrazone groups is 1. The number of phenols is 1. The maximum Gasteiger partial charge on any atom is 0.150 e. The summed E-state index contributed by atoms with van der Waals surface area (Å²) in [6.07, 6.45) is 4.14. The van der Waals surface area contributed by atoms with Crippen LogP contribution in [0.4, 0.5) is 5.82 Å². The number of phenolic OH excluding ortho intramolecular Hbond substituents is 1. The van der Waals surface area contributed by atoms with Gasteiger partial charge in [0.2, 0.25) is 0 Å². The van der Waals surface area contributed by atoms with Gasteiger partial charge in [-0.1, -0.05) is 18.2 Å². The van der Waals surface area contributed by atoms with Crippen LogP contribution in [0.1, 0.15) is 12.0 Å². The van der Waals surface area contributed by atoms with Crippen molar-refractivity contribution in [3.8, 4) is 5.75 Å². The molecule has 1 aromatic carbocycles. The molecule has 0 amide bonds. The number of rotatable bonds is 2. The number of pyridine rings is 1. The van der Waals surface area contributed by atoms with E-state index in [1.54, 1.807) is 24.5 Å². The van der Waals surface area contributed by atoms with Crippen LogP contribution in [0.25, 0.3) is 0 Å². The van der Waals surface area contributed by atoms with Crippen LogP contribution < -0.4 is 5.01 Å². The molecule has 0 bridgehead atoms. The van der Waals surface area contributed by atoms with Gasteiger partial charge in [0.1, 0.15) is 11.6 Å². The standard InChI is InChI=1S/C15H14N4O/c20-13-6-2-1-5-12(13)11-17-14-8-10-19(18-14)15-7-3-4-9-16-15/h1-7,9,11,20H,8,10H2. The van der Waals surface area contributed by atoms with Crippen molar-refractivity contribution < 1.29 is 5.11 Å². The molecule has 2 aromatic rings. The van der Waals surface area contributed by atoms with E-state index in [2.05, 4.69) is 15.1 Å². The maximum absolute atomic E-state index is 9.66. The predicted molar refractivity (Wildman–Crippen MR) is 79.3 cm³/mol. The highest BCUT2D eigenvalue weighted by molar-refractivity contribution is 5.97. The number of nitrogens with zero attached hydrogens (tertiary/aromatic N) is 4. The summed E-state index contributed by atoms with van der Waals surface area (Å²) in [6, 6.07) is 12.8. The normalized spacial score (nSPS) is 14.8. The molecule has 5 heteroatoms. The number of hydrogen-bond acceptors (Lipinski definition) is 5. The summed E-state index contributed by atoms with van der Waals surface area (Å²) in [5.74, 6) is 1.77. The minimum Gasteiger partial charge on any atom is -0.507 e. The first-order chi connectivity index (χ1) is 9.83. The van der Waals surface area contributed by atoms with Crippen LogP contribution in [0.5, 0.6) is 5.75 Å². The molecule has 5 nitrogen and oxygen atoms in total. The van der Waals surface area contributed by atoms with Gasteiger partial charge < -0.3 is 5.11 Å². The van der Waals surface area contributed by atoms with Crippen molar-refractivity contribution in [1.29, 1.82) is 0 Å². The fourth-order valence-corrected chi connectivity index (χ4v) is 1.95. The molecule has 0 unspecified atom stereocenters. The Labute approximate surface area is 116 Å². The number of aromatic hydroxyl groups is 1. The Hall–Kier alpha value is -2.69. The van der Waals surface area contributed by atoms with E-state index >= 15 is 0 Å². The molecule has 1 aliphatic heterocycles. The zero-order valence-electron chi connectivity index (χ0n) is 10.8. The molecule has 3 rings (SSSR count). The molecule has 0 spiro atoms. The fraction of sp³-hybridized carbons (Fsp3) is 0.133. The van der Waals surface area contributed by atoms with Gasteiger partial charge in [0, 0.05) is 24.4 Å². The Morgan fingerprint density at radius 2 is 2.00 bits per heavy atom. The van der Waals surface area contributed by atoms with Gasteiger partial charge >= 0.3 is 0 Å². The SMILES string of the molecule is Oc1ccccc1C=NC1=NN(c2ccccn2)CC1. The second kappa shape index (κ2) is 5.52. The first-order valence-corrected chi connectivity index (χ1v) is 6.41. The van der Waals surface area contributed by atoms with Crippen LogP contribution in [-0.2, 0) is 0 Å². The average Bonchev–Trinajstić information content (AvgIpc) is 2.96. The Bertz CT molecular complexity index is 652. The molecule has 0 aliphatic carbocycles. The fourth-order valence-electron chi connectivity index (χ4n) is 1.95. The number of amidine groups is 1. The summed E-state index contributed by atoms with van der Waals surface area (Å²) in [7, 11) is 0. The summed E-state index contributed by atoms with van der Waals surface area (Å²) in [6.45, 7) is 0.768. The number of aromatic nitrogens is 1. The molecular weight excluding hydrogens is 252 g/mol. The molecule has 1 N–H and O–H groups in total. The number of anilines is 1. The zero-order valence-corrected chi connectivity index (χ0v) is 10.8. The van der Waals surface area contributed by atoms with Crippen LogP contribution in [0.15, 0.2) is 58.8 Å². The van der Waals surface area contributed by atoms with Crippen molar-refractivity contribution in [1.82, 2.24) is 4.98 Å². The van der Waals surface area contributed by atoms with Gasteiger partial charge in [0.25, 0.3) is 0 Å². The molecule has 20 heavy (non-hydrogen) atoms. The number of hydrogen-bond donors (Lipinski definition) is 1. The lowest BCUT2D eigenvalue weighted by Crippen LogP contribution is -2.12. The lowest BCUT2D eigenvalue weighted by molar-refractivity contribution is 0.474. The molecule has 100 valence electrons. The average molecular weight is 266 g/mol. The quantitative estimate of drug-likeness (QED) is 0.849. The molecule has 2 heterocycles. The topological polar surface area (TPSA) is 61.1 Å². The second-order valence-corrected chi connectivity index (χ2v) is 4.39. The third-order valence-corrected chi connectivity index (χ3v) is 2.99. The van der Waals surface area contributed by atoms with Gasteiger partial charge in [0.15, 0.2) is 5.84 Å². The van der Waals surface area contributed by atoms with Crippen molar-refractivity contribution in [2.24, 2.45) is 10.1 Å². The van der Waals surface area contributed by atoms with E-state index in [0.29, 0.717) is 5.56 Å². The van der Waals surface area contributed by atoms with E-state index in [1.165, 1.54) is 0 Å². The summed E-state index contributed by atoms with van der Waals surface area (Å²) in [4.78, 5) is 8.58. The van der Waals surface area contributed by atoms with Gasteiger partial charge in [-0.25, -0.2) is 15.0 Å². The Balaban J connectivity index is 1.75. The lowest BCUT2D eigenvalue weighted by Gasteiger charge is -2.10. The number of para-hydroxylation sites is 1. The summed E-state index contributed by atoms with van der Waals surface area (Å²) >= 11 is 0. The molecule has 1 aromatic heterocycles. The van der Waals surface area contributed by atoms with Crippen LogP contribution in [0, 0.1) is 0 Å². The molecule has 0 atom stereocenters. The number of aliphatic imine (C=N–C) groups is 1. The third-order valence-electron chi connectivity index (χ3n) is 2.99. The lowest BCUT2D eigenvalue weighted by atomic mass is 10.2. The summed E-state index contributed by atoms with van der Waals surface area (Å²) in [5.41, 5.74) is 0.687. The minimum absolute atomic E-state index is 0.219. The van der Waals surface area contributed by atoms with Gasteiger partial charge in [-0.3, -0.25) is 0 Å². The highest BCUT2D eigenvalue weighted by atomic mass is 16.3. The molecule has 0 saturated heterocycles. The Morgan fingerprint density at radius 1 is 1.15 bits per heavy atom. The third kappa shape index (κ3) is 2.66. The van der Waals surface area contributed by atoms with Gasteiger partial charge in [-0.15, -0.1) is 0 Å². The van der Waals surface area contributed by atoms with Gasteiger partial charge in [-0.05, 0) is 24.3 Å². The van der Waals surface area contributed by atoms with E-state index in [0.717, 1.165) is 24.6 Å². The molecule has 1 aliphatic rings. The van der Waals surface area contributed by atoms with Crippen molar-refractivity contribution in [2.45, 2.75) is 6.42 Å². The van der Waals surface area contributed by atoms with Crippen LogP contribution in [0.2, 0.25) is 0 Å². The largest absolute Gasteiger partial charge is 0.507 e. The predicted octanol–water partition coefficient (Wildman–Crippen LogP) is 2.43. The molecule has 0 fully saturated rings. The van der Waals surface area contributed by atoms with Crippen LogP contribution in [0.3, 0.4) is 0 Å². The molecule has 0 radical (unpaired) electrons. The molecule has 0 saturated carbocycles. The zero-order chi connectivity index (χ0) is 13.8. The summed E-state index contributed by atoms with van der Waals surface area (Å²) in [5, 5.41) is 15.9. The van der Waals surface area contributed by atoms with Gasteiger partial charge in [0.05, 0.1) is 6.54 Å². The molecular formula is C15H14N4O. The summed E-state index contributed by atoms with van der Waals surface area (Å²) < 4.78 is 0. The Kier molecular flexibility index (Phi) is 3.41. The van der Waals surface area contributed by atoms with Crippen molar-refractivity contribution in [2.75, 3.05) is 11.6 Å². The van der Waals surface area contributed by atoms with Crippen molar-refractivity contribution >= 4 is 17.9 Å². The highest BCUT2D eigenvalue weighted by Crippen LogP contribution is 2.17. The van der Waals surface area contributed by atoms with E-state index in [4.69, 9.17) is 0 Å². The highest BCUT2D eigenvalue weighted by Gasteiger charge is 2.15. The van der Waals surface area contributed by atoms with E-state index in [-0.39, 0.29) is 5.75 Å². The number of benzene rings is 1. The van der Waals surface area contributed by atoms with Crippen molar-refractivity contribution in [3.63, 3.8) is 0 Å². The van der Waals surface area contributed by atoms with E-state index in [1.807, 2.05) is 35.3 Å². The monoisotopic (exact) mass is 266 g/mol. The van der Waals surface area contributed by atoms with E-state index in [9.17, 15) is 5.11 Å². The Morgan fingerprint density at radius 3 is 2.80 bits per heavy atom. The van der Waals surface area contributed by atoms with Crippen LogP contribution in [-0.4, -0.2) is 28.7 Å². The first-order valence-electron chi connectivity index (χ1n) is 6.41. The second-order valence-electron chi connectivity index (χ2n) is 4.39. The first kappa shape index (κ1) is 12.3. The minimum atomic E-state index is 0.219. The maximum atomic E-state index is 9.66. The smallest absolute Gasteiger partial charge is 0.150 e. The van der Waals surface area contributed by atoms with E-state index < -0.39 is 0 Å².